The van der Waals surface area contributed by atoms with Gasteiger partial charge in [0.1, 0.15) is 0 Å². The van der Waals surface area contributed by atoms with Crippen molar-refractivity contribution in [3.63, 3.8) is 0 Å². The van der Waals surface area contributed by atoms with Gasteiger partial charge in [0.05, 0.1) is 6.10 Å². The quantitative estimate of drug-likeness (QED) is 0.519. The fourth-order valence-corrected chi connectivity index (χ4v) is 0.372. The van der Waals surface area contributed by atoms with Gasteiger partial charge < -0.3 is 10.8 Å². The van der Waals surface area contributed by atoms with Crippen molar-refractivity contribution in [3.05, 3.63) is 12.2 Å². The predicted molar refractivity (Wildman–Crippen MR) is 34.5 cm³/mol. The highest BCUT2D eigenvalue weighted by molar-refractivity contribution is 4.87. The molecule has 0 fully saturated rings. The maximum absolute atomic E-state index is 8.78. The molecule has 0 saturated heterocycles. The van der Waals surface area contributed by atoms with Crippen LogP contribution in [-0.4, -0.2) is 17.8 Å². The Kier molecular flexibility index (Phi) is 4.61. The van der Waals surface area contributed by atoms with Gasteiger partial charge in [-0.15, -0.1) is 0 Å². The van der Waals surface area contributed by atoms with Crippen LogP contribution in [-0.2, 0) is 0 Å². The van der Waals surface area contributed by atoms with Crippen LogP contribution in [0.25, 0.3) is 0 Å². The Morgan fingerprint density at radius 1 is 1.75 bits per heavy atom. The molecule has 0 bridgehead atoms. The highest BCUT2D eigenvalue weighted by atomic mass is 16.3. The molecule has 0 radical (unpaired) electrons. The lowest BCUT2D eigenvalue weighted by Crippen LogP contribution is -2.16. The number of rotatable bonds is 3. The van der Waals surface area contributed by atoms with Crippen LogP contribution in [0.5, 0.6) is 0 Å². The van der Waals surface area contributed by atoms with E-state index >= 15 is 0 Å². The molecule has 2 nitrogen and oxygen atoms in total. The lowest BCUT2D eigenvalue weighted by atomic mass is 10.3. The first-order valence-corrected chi connectivity index (χ1v) is 2.86. The van der Waals surface area contributed by atoms with E-state index in [2.05, 4.69) is 0 Å². The second-order valence-electron chi connectivity index (χ2n) is 1.64. The Bertz CT molecular complexity index is 70.9. The molecule has 0 aromatic carbocycles. The van der Waals surface area contributed by atoms with Crippen molar-refractivity contribution in [2.75, 3.05) is 6.54 Å². The fraction of sp³-hybridized carbons (Fsp3) is 0.667. The molecule has 0 amide bonds. The zero-order valence-electron chi connectivity index (χ0n) is 5.17. The summed E-state index contributed by atoms with van der Waals surface area (Å²) in [6.45, 7) is 2.33. The van der Waals surface area contributed by atoms with E-state index < -0.39 is 6.10 Å². The van der Waals surface area contributed by atoms with Gasteiger partial charge in [-0.05, 0) is 6.42 Å². The molecule has 0 spiro atoms. The van der Waals surface area contributed by atoms with Crippen molar-refractivity contribution < 1.29 is 5.11 Å². The molecule has 3 N–H and O–H groups in total. The van der Waals surface area contributed by atoms with Crippen molar-refractivity contribution in [3.8, 4) is 0 Å². The maximum Gasteiger partial charge on any atom is 0.0843 e. The number of hydrogen-bond acceptors (Lipinski definition) is 2. The summed E-state index contributed by atoms with van der Waals surface area (Å²) in [6.07, 6.45) is 4.11. The smallest absolute Gasteiger partial charge is 0.0843 e. The SMILES string of the molecule is CC/C=C/[C@@H](O)CN. The lowest BCUT2D eigenvalue weighted by molar-refractivity contribution is 0.231. The van der Waals surface area contributed by atoms with Gasteiger partial charge in [-0.25, -0.2) is 0 Å². The minimum atomic E-state index is -0.449. The first kappa shape index (κ1) is 7.66. The molecule has 0 aromatic heterocycles. The molecule has 0 aliphatic rings. The molecule has 0 aliphatic heterocycles. The number of aliphatic hydroxyl groups is 1. The first-order chi connectivity index (χ1) is 3.81. The molecular weight excluding hydrogens is 102 g/mol. The zero-order valence-corrected chi connectivity index (χ0v) is 5.17. The van der Waals surface area contributed by atoms with E-state index in [1.54, 1.807) is 6.08 Å². The standard InChI is InChI=1S/C6H13NO/c1-2-3-4-6(8)5-7/h3-4,6,8H,2,5,7H2,1H3/b4-3+/t6-/m1/s1. The second kappa shape index (κ2) is 4.81. The average Bonchev–Trinajstić information content (AvgIpc) is 1.83. The minimum Gasteiger partial charge on any atom is -0.388 e. The molecule has 1 atom stereocenters. The highest BCUT2D eigenvalue weighted by Gasteiger charge is 1.89. The van der Waals surface area contributed by atoms with Crippen molar-refractivity contribution in [1.82, 2.24) is 0 Å². The van der Waals surface area contributed by atoms with Gasteiger partial charge in [0.2, 0.25) is 0 Å². The number of hydrogen-bond donors (Lipinski definition) is 2. The van der Waals surface area contributed by atoms with Gasteiger partial charge >= 0.3 is 0 Å². The Labute approximate surface area is 50.0 Å². The second-order valence-corrected chi connectivity index (χ2v) is 1.64. The molecule has 48 valence electrons. The minimum absolute atomic E-state index is 0.316. The van der Waals surface area contributed by atoms with Crippen LogP contribution in [0, 0.1) is 0 Å². The molecule has 0 aromatic rings. The third-order valence-electron chi connectivity index (χ3n) is 0.835. The molecular formula is C6H13NO. The third kappa shape index (κ3) is 3.84. The summed E-state index contributed by atoms with van der Waals surface area (Å²) in [6, 6.07) is 0. The largest absolute Gasteiger partial charge is 0.388 e. The third-order valence-corrected chi connectivity index (χ3v) is 0.835. The summed E-state index contributed by atoms with van der Waals surface area (Å²) in [5.41, 5.74) is 5.11. The van der Waals surface area contributed by atoms with Gasteiger partial charge in [0, 0.05) is 6.54 Å². The van der Waals surface area contributed by atoms with Crippen LogP contribution in [0.2, 0.25) is 0 Å². The first-order valence-electron chi connectivity index (χ1n) is 2.86. The van der Waals surface area contributed by atoms with Crippen LogP contribution in [0.1, 0.15) is 13.3 Å². The van der Waals surface area contributed by atoms with Gasteiger partial charge in [-0.3, -0.25) is 0 Å². The monoisotopic (exact) mass is 115 g/mol. The number of aliphatic hydroxyl groups excluding tert-OH is 1. The van der Waals surface area contributed by atoms with E-state index in [0.717, 1.165) is 6.42 Å². The topological polar surface area (TPSA) is 46.2 Å². The zero-order chi connectivity index (χ0) is 6.41. The van der Waals surface area contributed by atoms with Crippen LogP contribution in [0.3, 0.4) is 0 Å². The molecule has 2 heteroatoms. The molecule has 0 aliphatic carbocycles. The van der Waals surface area contributed by atoms with Gasteiger partial charge in [-0.1, -0.05) is 19.1 Å². The fourth-order valence-electron chi connectivity index (χ4n) is 0.372. The van der Waals surface area contributed by atoms with Crippen LogP contribution < -0.4 is 5.73 Å². The van der Waals surface area contributed by atoms with Gasteiger partial charge in [-0.2, -0.15) is 0 Å². The van der Waals surface area contributed by atoms with Crippen LogP contribution in [0.15, 0.2) is 12.2 Å². The number of nitrogens with two attached hydrogens (primary N) is 1. The van der Waals surface area contributed by atoms with E-state index in [0.29, 0.717) is 6.54 Å². The van der Waals surface area contributed by atoms with Crippen LogP contribution in [0.4, 0.5) is 0 Å². The summed E-state index contributed by atoms with van der Waals surface area (Å²) in [5, 5.41) is 8.78. The Hall–Kier alpha value is -0.340. The summed E-state index contributed by atoms with van der Waals surface area (Å²) in [7, 11) is 0. The summed E-state index contributed by atoms with van der Waals surface area (Å²) in [4.78, 5) is 0. The van der Waals surface area contributed by atoms with Crippen molar-refractivity contribution >= 4 is 0 Å². The predicted octanol–water partition coefficient (Wildman–Crippen LogP) is 0.272. The van der Waals surface area contributed by atoms with E-state index in [4.69, 9.17) is 10.8 Å². The van der Waals surface area contributed by atoms with E-state index in [9.17, 15) is 0 Å². The van der Waals surface area contributed by atoms with E-state index in [1.807, 2.05) is 13.0 Å². The Morgan fingerprint density at radius 3 is 2.75 bits per heavy atom. The molecule has 0 rings (SSSR count). The van der Waals surface area contributed by atoms with Crippen molar-refractivity contribution in [1.29, 1.82) is 0 Å². The molecule has 0 heterocycles. The van der Waals surface area contributed by atoms with E-state index in [1.165, 1.54) is 0 Å². The molecule has 8 heavy (non-hydrogen) atoms. The van der Waals surface area contributed by atoms with Gasteiger partial charge in [0.15, 0.2) is 0 Å². The lowest BCUT2D eigenvalue weighted by Gasteiger charge is -1.96. The van der Waals surface area contributed by atoms with E-state index in [-0.39, 0.29) is 0 Å². The van der Waals surface area contributed by atoms with Crippen molar-refractivity contribution in [2.24, 2.45) is 5.73 Å². The highest BCUT2D eigenvalue weighted by Crippen LogP contribution is 1.84. The van der Waals surface area contributed by atoms with Crippen LogP contribution >= 0.6 is 0 Å². The Balaban J connectivity index is 3.21. The summed E-state index contributed by atoms with van der Waals surface area (Å²) < 4.78 is 0. The summed E-state index contributed by atoms with van der Waals surface area (Å²) in [5.74, 6) is 0. The number of allylic oxidation sites excluding steroid dienone is 1. The average molecular weight is 115 g/mol. The maximum atomic E-state index is 8.78. The van der Waals surface area contributed by atoms with Crippen molar-refractivity contribution in [2.45, 2.75) is 19.4 Å². The Morgan fingerprint density at radius 2 is 2.38 bits per heavy atom. The molecule has 0 unspecified atom stereocenters. The van der Waals surface area contributed by atoms with Gasteiger partial charge in [0.25, 0.3) is 0 Å². The molecule has 0 saturated carbocycles. The summed E-state index contributed by atoms with van der Waals surface area (Å²) >= 11 is 0. The normalized spacial score (nSPS) is 14.9.